The maximum atomic E-state index is 6.28. The molecule has 0 saturated heterocycles. The Morgan fingerprint density at radius 1 is 1.60 bits per heavy atom. The van der Waals surface area contributed by atoms with Crippen LogP contribution >= 0.6 is 23.4 Å². The SMILES string of the molecule is CC1=CSC(Cl)(OCc2ccccn2)C1. The number of alkyl halides is 1. The highest BCUT2D eigenvalue weighted by Gasteiger charge is 2.32. The molecular formula is C11H12ClNOS. The molecule has 2 heterocycles. The molecule has 1 atom stereocenters. The molecule has 2 rings (SSSR count). The van der Waals surface area contributed by atoms with Crippen LogP contribution in [0.3, 0.4) is 0 Å². The van der Waals surface area contributed by atoms with E-state index in [9.17, 15) is 0 Å². The highest BCUT2D eigenvalue weighted by atomic mass is 35.5. The van der Waals surface area contributed by atoms with E-state index < -0.39 is 4.39 Å². The van der Waals surface area contributed by atoms with Crippen molar-refractivity contribution in [2.75, 3.05) is 0 Å². The van der Waals surface area contributed by atoms with Gasteiger partial charge in [0.1, 0.15) is 0 Å². The number of rotatable bonds is 3. The van der Waals surface area contributed by atoms with Crippen LogP contribution in [-0.4, -0.2) is 9.38 Å². The first-order valence-corrected chi connectivity index (χ1v) is 6.00. The summed E-state index contributed by atoms with van der Waals surface area (Å²) in [6.45, 7) is 2.51. The van der Waals surface area contributed by atoms with Crippen molar-refractivity contribution in [3.63, 3.8) is 0 Å². The molecule has 1 aliphatic rings. The molecule has 0 fully saturated rings. The second kappa shape index (κ2) is 4.56. The first kappa shape index (κ1) is 11.0. The monoisotopic (exact) mass is 241 g/mol. The van der Waals surface area contributed by atoms with Crippen molar-refractivity contribution in [2.24, 2.45) is 0 Å². The lowest BCUT2D eigenvalue weighted by atomic mass is 10.2. The molecule has 0 amide bonds. The summed E-state index contributed by atoms with van der Waals surface area (Å²) in [6.07, 6.45) is 2.52. The first-order chi connectivity index (χ1) is 7.18. The molecule has 0 saturated carbocycles. The minimum Gasteiger partial charge on any atom is -0.343 e. The van der Waals surface area contributed by atoms with E-state index in [-0.39, 0.29) is 0 Å². The average Bonchev–Trinajstić information content (AvgIpc) is 2.58. The largest absolute Gasteiger partial charge is 0.343 e. The van der Waals surface area contributed by atoms with Gasteiger partial charge in [-0.1, -0.05) is 35.0 Å². The lowest BCUT2D eigenvalue weighted by molar-refractivity contribution is 0.0706. The predicted octanol–water partition coefficient (Wildman–Crippen LogP) is 3.53. The van der Waals surface area contributed by atoms with Gasteiger partial charge in [-0.3, -0.25) is 4.98 Å². The van der Waals surface area contributed by atoms with E-state index in [0.717, 1.165) is 12.1 Å². The smallest absolute Gasteiger partial charge is 0.196 e. The van der Waals surface area contributed by atoms with Gasteiger partial charge in [0.2, 0.25) is 0 Å². The Morgan fingerprint density at radius 3 is 3.07 bits per heavy atom. The average molecular weight is 242 g/mol. The highest BCUT2D eigenvalue weighted by molar-refractivity contribution is 8.04. The normalized spacial score (nSPS) is 25.3. The van der Waals surface area contributed by atoms with Crippen molar-refractivity contribution in [1.82, 2.24) is 4.98 Å². The number of halogens is 1. The van der Waals surface area contributed by atoms with Crippen molar-refractivity contribution < 1.29 is 4.74 Å². The van der Waals surface area contributed by atoms with E-state index in [1.54, 1.807) is 6.20 Å². The fraction of sp³-hybridized carbons (Fsp3) is 0.364. The van der Waals surface area contributed by atoms with Gasteiger partial charge in [0.05, 0.1) is 12.3 Å². The van der Waals surface area contributed by atoms with Gasteiger partial charge in [0.15, 0.2) is 4.39 Å². The molecule has 80 valence electrons. The fourth-order valence-electron chi connectivity index (χ4n) is 1.36. The van der Waals surface area contributed by atoms with Gasteiger partial charge < -0.3 is 4.74 Å². The molecule has 0 bridgehead atoms. The van der Waals surface area contributed by atoms with Crippen LogP contribution in [0.2, 0.25) is 0 Å². The third kappa shape index (κ3) is 2.97. The standard InChI is InChI=1S/C11H12ClNOS/c1-9-6-11(12,15-8-9)14-7-10-4-2-3-5-13-10/h2-5,8H,6-7H2,1H3. The molecule has 0 radical (unpaired) electrons. The Bertz CT molecular complexity index is 368. The van der Waals surface area contributed by atoms with Crippen LogP contribution in [0.25, 0.3) is 0 Å². The Balaban J connectivity index is 1.89. The molecule has 0 aromatic carbocycles. The van der Waals surface area contributed by atoms with Crippen molar-refractivity contribution in [1.29, 1.82) is 0 Å². The summed E-state index contributed by atoms with van der Waals surface area (Å²) in [6, 6.07) is 5.76. The van der Waals surface area contributed by atoms with Crippen LogP contribution in [-0.2, 0) is 11.3 Å². The van der Waals surface area contributed by atoms with E-state index in [0.29, 0.717) is 6.61 Å². The predicted molar refractivity (Wildman–Crippen MR) is 63.6 cm³/mol. The minimum absolute atomic E-state index is 0.457. The third-order valence-corrected chi connectivity index (χ3v) is 3.73. The summed E-state index contributed by atoms with van der Waals surface area (Å²) in [7, 11) is 0. The van der Waals surface area contributed by atoms with Gasteiger partial charge in [-0.25, -0.2) is 0 Å². The van der Waals surface area contributed by atoms with Crippen LogP contribution in [0.4, 0.5) is 0 Å². The van der Waals surface area contributed by atoms with E-state index in [1.165, 1.54) is 17.3 Å². The molecule has 0 spiro atoms. The molecular weight excluding hydrogens is 230 g/mol. The molecule has 1 unspecified atom stereocenters. The molecule has 2 nitrogen and oxygen atoms in total. The summed E-state index contributed by atoms with van der Waals surface area (Å²) in [5.74, 6) is 0. The fourth-order valence-corrected chi connectivity index (χ4v) is 2.65. The summed E-state index contributed by atoms with van der Waals surface area (Å²) in [5.41, 5.74) is 2.17. The van der Waals surface area contributed by atoms with Gasteiger partial charge in [-0.2, -0.15) is 0 Å². The third-order valence-electron chi connectivity index (χ3n) is 2.09. The summed E-state index contributed by atoms with van der Waals surface area (Å²) < 4.78 is 5.04. The maximum absolute atomic E-state index is 6.28. The van der Waals surface area contributed by atoms with E-state index in [4.69, 9.17) is 16.3 Å². The van der Waals surface area contributed by atoms with Crippen LogP contribution in [0.15, 0.2) is 35.4 Å². The molecule has 15 heavy (non-hydrogen) atoms. The van der Waals surface area contributed by atoms with Crippen molar-refractivity contribution in [3.8, 4) is 0 Å². The molecule has 1 aliphatic heterocycles. The lowest BCUT2D eigenvalue weighted by Gasteiger charge is -2.20. The first-order valence-electron chi connectivity index (χ1n) is 4.74. The molecule has 1 aromatic heterocycles. The van der Waals surface area contributed by atoms with Gasteiger partial charge in [0, 0.05) is 12.6 Å². The van der Waals surface area contributed by atoms with Crippen LogP contribution < -0.4 is 0 Å². The summed E-state index contributed by atoms with van der Waals surface area (Å²) in [5, 5.41) is 2.05. The second-order valence-corrected chi connectivity index (χ2v) is 5.49. The maximum Gasteiger partial charge on any atom is 0.196 e. The quantitative estimate of drug-likeness (QED) is 0.756. The van der Waals surface area contributed by atoms with Gasteiger partial charge in [0.25, 0.3) is 0 Å². The zero-order valence-corrected chi connectivity index (χ0v) is 10.0. The van der Waals surface area contributed by atoms with E-state index in [2.05, 4.69) is 11.9 Å². The van der Waals surface area contributed by atoms with Gasteiger partial charge in [-0.05, 0) is 24.5 Å². The van der Waals surface area contributed by atoms with Gasteiger partial charge in [-0.15, -0.1) is 0 Å². The van der Waals surface area contributed by atoms with Crippen LogP contribution in [0.5, 0.6) is 0 Å². The van der Waals surface area contributed by atoms with Crippen LogP contribution in [0, 0.1) is 0 Å². The number of pyridine rings is 1. The number of hydrogen-bond acceptors (Lipinski definition) is 3. The topological polar surface area (TPSA) is 22.1 Å². The number of aromatic nitrogens is 1. The second-order valence-electron chi connectivity index (χ2n) is 3.53. The molecule has 1 aromatic rings. The molecule has 0 aliphatic carbocycles. The van der Waals surface area contributed by atoms with E-state index >= 15 is 0 Å². The number of ether oxygens (including phenoxy) is 1. The number of nitrogens with zero attached hydrogens (tertiary/aromatic N) is 1. The van der Waals surface area contributed by atoms with Crippen molar-refractivity contribution >= 4 is 23.4 Å². The summed E-state index contributed by atoms with van der Waals surface area (Å²) >= 11 is 7.80. The van der Waals surface area contributed by atoms with E-state index in [1.807, 2.05) is 23.6 Å². The highest BCUT2D eigenvalue weighted by Crippen LogP contribution is 2.44. The Labute approximate surface area is 98.7 Å². The molecule has 0 N–H and O–H groups in total. The lowest BCUT2D eigenvalue weighted by Crippen LogP contribution is -2.18. The van der Waals surface area contributed by atoms with Crippen LogP contribution in [0.1, 0.15) is 19.0 Å². The number of thioether (sulfide) groups is 1. The van der Waals surface area contributed by atoms with Crippen molar-refractivity contribution in [2.45, 2.75) is 24.3 Å². The Kier molecular flexibility index (Phi) is 3.34. The van der Waals surface area contributed by atoms with Crippen molar-refractivity contribution in [3.05, 3.63) is 41.1 Å². The Morgan fingerprint density at radius 2 is 2.47 bits per heavy atom. The minimum atomic E-state index is -0.623. The zero-order valence-electron chi connectivity index (χ0n) is 8.44. The molecule has 4 heteroatoms. The number of hydrogen-bond donors (Lipinski definition) is 0. The Hall–Kier alpha value is -0.510. The summed E-state index contributed by atoms with van der Waals surface area (Å²) in [4.78, 5) is 4.18. The zero-order chi connectivity index (χ0) is 10.7. The van der Waals surface area contributed by atoms with Gasteiger partial charge >= 0.3 is 0 Å².